The molecule has 0 spiro atoms. The number of hydrogen-bond acceptors (Lipinski definition) is 3. The number of anilines is 2. The lowest BCUT2D eigenvalue weighted by Gasteiger charge is -2.13. The lowest BCUT2D eigenvalue weighted by Crippen LogP contribution is -2.20. The van der Waals surface area contributed by atoms with Crippen molar-refractivity contribution in [3.8, 4) is 11.5 Å². The van der Waals surface area contributed by atoms with Crippen LogP contribution in [0.15, 0.2) is 36.4 Å². The Balaban J connectivity index is 2.14. The zero-order valence-electron chi connectivity index (χ0n) is 12.6. The molecule has 5 nitrogen and oxygen atoms in total. The van der Waals surface area contributed by atoms with Crippen molar-refractivity contribution in [2.75, 3.05) is 24.9 Å². The molecule has 0 saturated carbocycles. The maximum absolute atomic E-state index is 13.5. The van der Waals surface area contributed by atoms with Crippen LogP contribution in [0.5, 0.6) is 11.5 Å². The van der Waals surface area contributed by atoms with Crippen molar-refractivity contribution in [2.24, 2.45) is 0 Å². The van der Waals surface area contributed by atoms with Gasteiger partial charge in [0.15, 0.2) is 0 Å². The molecule has 0 bridgehead atoms. The molecule has 0 aromatic heterocycles. The van der Waals surface area contributed by atoms with Gasteiger partial charge >= 0.3 is 6.03 Å². The molecule has 2 amide bonds. The fourth-order valence-corrected chi connectivity index (χ4v) is 1.92. The maximum Gasteiger partial charge on any atom is 0.323 e. The Labute approximate surface area is 128 Å². The zero-order valence-corrected chi connectivity index (χ0v) is 12.6. The van der Waals surface area contributed by atoms with Crippen molar-refractivity contribution in [1.29, 1.82) is 0 Å². The molecule has 0 saturated heterocycles. The Morgan fingerprint density at radius 1 is 1.05 bits per heavy atom. The summed E-state index contributed by atoms with van der Waals surface area (Å²) in [5, 5.41) is 5.26. The zero-order chi connectivity index (χ0) is 16.1. The number of carbonyl (C=O) groups is 1. The molecular formula is C16H17FN2O3. The minimum absolute atomic E-state index is 0.374. The number of amides is 2. The second-order valence-corrected chi connectivity index (χ2v) is 4.56. The number of ether oxygens (including phenoxy) is 2. The van der Waals surface area contributed by atoms with Crippen LogP contribution in [-0.2, 0) is 0 Å². The average Bonchev–Trinajstić information content (AvgIpc) is 2.52. The molecule has 22 heavy (non-hydrogen) atoms. The molecule has 0 atom stereocenters. The fourth-order valence-electron chi connectivity index (χ4n) is 1.92. The lowest BCUT2D eigenvalue weighted by molar-refractivity contribution is 0.262. The van der Waals surface area contributed by atoms with Crippen molar-refractivity contribution in [1.82, 2.24) is 0 Å². The van der Waals surface area contributed by atoms with E-state index in [1.165, 1.54) is 19.2 Å². The van der Waals surface area contributed by atoms with Crippen molar-refractivity contribution in [3.63, 3.8) is 0 Å². The van der Waals surface area contributed by atoms with Crippen LogP contribution < -0.4 is 20.1 Å². The van der Waals surface area contributed by atoms with Crippen LogP contribution in [-0.4, -0.2) is 20.3 Å². The molecule has 0 heterocycles. The summed E-state index contributed by atoms with van der Waals surface area (Å²) in [6.45, 7) is 1.60. The molecule has 2 rings (SSSR count). The number of carbonyl (C=O) groups excluding carboxylic acids is 1. The number of methoxy groups -OCH3 is 2. The number of rotatable bonds is 4. The smallest absolute Gasteiger partial charge is 0.323 e. The first-order valence-electron chi connectivity index (χ1n) is 6.60. The number of benzene rings is 2. The van der Waals surface area contributed by atoms with Crippen LogP contribution >= 0.6 is 0 Å². The fraction of sp³-hybridized carbons (Fsp3) is 0.188. The quantitative estimate of drug-likeness (QED) is 0.903. The van der Waals surface area contributed by atoms with Gasteiger partial charge < -0.3 is 20.1 Å². The Kier molecular flexibility index (Phi) is 4.83. The lowest BCUT2D eigenvalue weighted by atomic mass is 10.2. The van der Waals surface area contributed by atoms with Crippen molar-refractivity contribution in [3.05, 3.63) is 47.8 Å². The summed E-state index contributed by atoms with van der Waals surface area (Å²) < 4.78 is 23.7. The summed E-state index contributed by atoms with van der Waals surface area (Å²) in [7, 11) is 3.04. The average molecular weight is 304 g/mol. The van der Waals surface area contributed by atoms with E-state index in [9.17, 15) is 9.18 Å². The predicted molar refractivity (Wildman–Crippen MR) is 83.3 cm³/mol. The molecule has 0 aliphatic carbocycles. The van der Waals surface area contributed by atoms with E-state index >= 15 is 0 Å². The highest BCUT2D eigenvalue weighted by atomic mass is 19.1. The van der Waals surface area contributed by atoms with Crippen LogP contribution in [0.2, 0.25) is 0 Å². The van der Waals surface area contributed by atoms with Gasteiger partial charge in [-0.15, -0.1) is 0 Å². The molecule has 2 N–H and O–H groups in total. The first kappa shape index (κ1) is 15.6. The second kappa shape index (κ2) is 6.80. The van der Waals surface area contributed by atoms with Crippen molar-refractivity contribution >= 4 is 17.4 Å². The minimum Gasteiger partial charge on any atom is -0.497 e. The monoisotopic (exact) mass is 304 g/mol. The highest BCUT2D eigenvalue weighted by Crippen LogP contribution is 2.29. The number of nitrogens with one attached hydrogen (secondary N) is 2. The summed E-state index contributed by atoms with van der Waals surface area (Å²) in [5.41, 5.74) is 1.26. The van der Waals surface area contributed by atoms with Gasteiger partial charge in [0.1, 0.15) is 17.3 Å². The molecule has 2 aromatic rings. The SMILES string of the molecule is COc1ccc(NC(=O)Nc2cccc(F)c2C)c(OC)c1. The molecular weight excluding hydrogens is 287 g/mol. The van der Waals surface area contributed by atoms with Gasteiger partial charge in [-0.1, -0.05) is 6.07 Å². The number of urea groups is 1. The van der Waals surface area contributed by atoms with E-state index in [4.69, 9.17) is 9.47 Å². The van der Waals surface area contributed by atoms with Gasteiger partial charge in [-0.3, -0.25) is 0 Å². The standard InChI is InChI=1S/C16H17FN2O3/c1-10-12(17)5-4-6-13(10)18-16(20)19-14-8-7-11(21-2)9-15(14)22-3/h4-9H,1-3H3,(H2,18,19,20). The first-order chi connectivity index (χ1) is 10.5. The van der Waals surface area contributed by atoms with Gasteiger partial charge in [-0.2, -0.15) is 0 Å². The highest BCUT2D eigenvalue weighted by Gasteiger charge is 2.11. The summed E-state index contributed by atoms with van der Waals surface area (Å²) in [6.07, 6.45) is 0. The van der Waals surface area contributed by atoms with Gasteiger partial charge in [0.05, 0.1) is 19.9 Å². The van der Waals surface area contributed by atoms with E-state index in [0.29, 0.717) is 28.4 Å². The molecule has 2 aromatic carbocycles. The summed E-state index contributed by atoms with van der Waals surface area (Å²) >= 11 is 0. The van der Waals surface area contributed by atoms with E-state index in [0.717, 1.165) is 0 Å². The largest absolute Gasteiger partial charge is 0.497 e. The Hall–Kier alpha value is -2.76. The molecule has 6 heteroatoms. The third-order valence-electron chi connectivity index (χ3n) is 3.17. The summed E-state index contributed by atoms with van der Waals surface area (Å²) in [4.78, 5) is 12.0. The van der Waals surface area contributed by atoms with E-state index in [1.807, 2.05) is 0 Å². The first-order valence-corrected chi connectivity index (χ1v) is 6.60. The van der Waals surface area contributed by atoms with E-state index in [1.54, 1.807) is 38.3 Å². The second-order valence-electron chi connectivity index (χ2n) is 4.56. The van der Waals surface area contributed by atoms with Crippen molar-refractivity contribution in [2.45, 2.75) is 6.92 Å². The molecule has 0 unspecified atom stereocenters. The molecule has 0 aliphatic heterocycles. The van der Waals surface area contributed by atoms with Crippen LogP contribution in [0.3, 0.4) is 0 Å². The van der Waals surface area contributed by atoms with Crippen LogP contribution in [0, 0.1) is 12.7 Å². The molecule has 0 fully saturated rings. The van der Waals surface area contributed by atoms with Gasteiger partial charge in [0.2, 0.25) is 0 Å². The Bertz CT molecular complexity index is 689. The van der Waals surface area contributed by atoms with Crippen LogP contribution in [0.25, 0.3) is 0 Å². The molecule has 116 valence electrons. The predicted octanol–water partition coefficient (Wildman–Crippen LogP) is 3.80. The Morgan fingerprint density at radius 2 is 1.77 bits per heavy atom. The van der Waals surface area contributed by atoms with Gasteiger partial charge in [0.25, 0.3) is 0 Å². The van der Waals surface area contributed by atoms with Gasteiger partial charge in [-0.25, -0.2) is 9.18 Å². The van der Waals surface area contributed by atoms with Crippen molar-refractivity contribution < 1.29 is 18.7 Å². The number of halogens is 1. The third kappa shape index (κ3) is 3.46. The van der Waals surface area contributed by atoms with E-state index < -0.39 is 6.03 Å². The topological polar surface area (TPSA) is 59.6 Å². The van der Waals surface area contributed by atoms with Gasteiger partial charge in [-0.05, 0) is 31.2 Å². The normalized spacial score (nSPS) is 10.0. The third-order valence-corrected chi connectivity index (χ3v) is 3.17. The van der Waals surface area contributed by atoms with Crippen LogP contribution in [0.1, 0.15) is 5.56 Å². The summed E-state index contributed by atoms with van der Waals surface area (Å²) in [5.74, 6) is 0.703. The summed E-state index contributed by atoms with van der Waals surface area (Å²) in [6, 6.07) is 9.03. The van der Waals surface area contributed by atoms with Crippen LogP contribution in [0.4, 0.5) is 20.6 Å². The maximum atomic E-state index is 13.5. The molecule has 0 radical (unpaired) electrons. The number of hydrogen-bond donors (Lipinski definition) is 2. The minimum atomic E-state index is -0.489. The van der Waals surface area contributed by atoms with E-state index in [-0.39, 0.29) is 5.82 Å². The van der Waals surface area contributed by atoms with E-state index in [2.05, 4.69) is 10.6 Å². The molecule has 0 aliphatic rings. The highest BCUT2D eigenvalue weighted by molar-refractivity contribution is 6.01. The van der Waals surface area contributed by atoms with Gasteiger partial charge in [0, 0.05) is 17.3 Å². The Morgan fingerprint density at radius 3 is 2.45 bits per heavy atom.